The van der Waals surface area contributed by atoms with Crippen LogP contribution in [0.25, 0.3) is 0 Å². The summed E-state index contributed by atoms with van der Waals surface area (Å²) in [6.45, 7) is 0. The highest BCUT2D eigenvalue weighted by Gasteiger charge is 2.19. The van der Waals surface area contributed by atoms with Gasteiger partial charge >= 0.3 is 0 Å². The molecule has 1 aliphatic carbocycles. The van der Waals surface area contributed by atoms with Gasteiger partial charge in [0.1, 0.15) is 0 Å². The maximum atomic E-state index is 12.1. The Kier molecular flexibility index (Phi) is 4.66. The van der Waals surface area contributed by atoms with Crippen LogP contribution in [0.15, 0.2) is 63.1 Å². The molecule has 0 spiro atoms. The van der Waals surface area contributed by atoms with Crippen LogP contribution in [0.2, 0.25) is 0 Å². The van der Waals surface area contributed by atoms with E-state index in [1.165, 1.54) is 0 Å². The number of allylic oxidation sites excluding steroid dienone is 6. The molecule has 2 rings (SSSR count). The van der Waals surface area contributed by atoms with Gasteiger partial charge < -0.3 is 0 Å². The van der Waals surface area contributed by atoms with Crippen molar-refractivity contribution < 1.29 is 9.59 Å². The number of rotatable bonds is 3. The summed E-state index contributed by atoms with van der Waals surface area (Å²) in [5, 5.41) is 0. The van der Waals surface area contributed by atoms with E-state index in [0.29, 0.717) is 17.6 Å². The van der Waals surface area contributed by atoms with Crippen molar-refractivity contribution in [2.45, 2.75) is 6.42 Å². The molecule has 0 fully saturated rings. The zero-order chi connectivity index (χ0) is 13.8. The van der Waals surface area contributed by atoms with Gasteiger partial charge in [-0.15, -0.1) is 0 Å². The molecule has 96 valence electrons. The average molecular weight is 382 g/mol. The van der Waals surface area contributed by atoms with Crippen molar-refractivity contribution in [3.8, 4) is 0 Å². The van der Waals surface area contributed by atoms with Crippen LogP contribution in [0, 0.1) is 0 Å². The van der Waals surface area contributed by atoms with Crippen LogP contribution in [-0.2, 0) is 4.79 Å². The van der Waals surface area contributed by atoms with Crippen molar-refractivity contribution in [3.63, 3.8) is 0 Å². The third-order valence-electron chi connectivity index (χ3n) is 2.66. The molecule has 0 radical (unpaired) electrons. The first-order chi connectivity index (χ1) is 9.08. The van der Waals surface area contributed by atoms with Crippen LogP contribution in [0.1, 0.15) is 16.8 Å². The largest absolute Gasteiger partial charge is 0.285 e. The first kappa shape index (κ1) is 14.2. The molecule has 4 heteroatoms. The number of Topliss-reactive ketones (excluding diaryl/α,β-unsaturated/α-hetero) is 2. The summed E-state index contributed by atoms with van der Waals surface area (Å²) in [5.41, 5.74) is 0.906. The molecule has 1 aromatic carbocycles. The Morgan fingerprint density at radius 2 is 1.63 bits per heavy atom. The third kappa shape index (κ3) is 3.61. The van der Waals surface area contributed by atoms with Crippen LogP contribution >= 0.6 is 31.9 Å². The van der Waals surface area contributed by atoms with Gasteiger partial charge in [0, 0.05) is 20.1 Å². The first-order valence-electron chi connectivity index (χ1n) is 5.65. The number of hydrogen-bond acceptors (Lipinski definition) is 2. The molecule has 1 aliphatic rings. The van der Waals surface area contributed by atoms with E-state index in [1.54, 1.807) is 36.4 Å². The zero-order valence-electron chi connectivity index (χ0n) is 9.90. The van der Waals surface area contributed by atoms with Crippen molar-refractivity contribution in [1.29, 1.82) is 0 Å². The van der Waals surface area contributed by atoms with Crippen molar-refractivity contribution in [2.24, 2.45) is 0 Å². The van der Waals surface area contributed by atoms with E-state index in [0.717, 1.165) is 8.96 Å². The zero-order valence-corrected chi connectivity index (χ0v) is 13.1. The minimum Gasteiger partial charge on any atom is -0.285 e. The Hall–Kier alpha value is -1.26. The topological polar surface area (TPSA) is 34.1 Å². The number of hydrogen-bond donors (Lipinski definition) is 0. The second kappa shape index (κ2) is 6.26. The van der Waals surface area contributed by atoms with E-state index in [2.05, 4.69) is 31.9 Å². The Labute approximate surface area is 128 Å². The van der Waals surface area contributed by atoms with Crippen molar-refractivity contribution >= 4 is 43.4 Å². The second-order valence-corrected chi connectivity index (χ2v) is 5.85. The molecular weight excluding hydrogens is 372 g/mol. The van der Waals surface area contributed by atoms with Crippen LogP contribution in [-0.4, -0.2) is 11.6 Å². The molecule has 0 atom stereocenters. The van der Waals surface area contributed by atoms with Gasteiger partial charge in [-0.05, 0) is 36.8 Å². The molecule has 0 amide bonds. The van der Waals surface area contributed by atoms with E-state index in [4.69, 9.17) is 0 Å². The lowest BCUT2D eigenvalue weighted by Gasteiger charge is -2.02. The number of benzene rings is 1. The van der Waals surface area contributed by atoms with Gasteiger partial charge in [0.05, 0.1) is 0 Å². The summed E-state index contributed by atoms with van der Waals surface area (Å²) in [6.07, 6.45) is 7.63. The van der Waals surface area contributed by atoms with Crippen molar-refractivity contribution in [2.75, 3.05) is 0 Å². The summed E-state index contributed by atoms with van der Waals surface area (Å²) in [7, 11) is 0. The highest BCUT2D eigenvalue weighted by Crippen LogP contribution is 2.18. The first-order valence-corrected chi connectivity index (χ1v) is 7.24. The molecule has 0 heterocycles. The molecule has 2 nitrogen and oxygen atoms in total. The molecular formula is C15H10Br2O2. The molecule has 0 saturated heterocycles. The molecule has 19 heavy (non-hydrogen) atoms. The summed E-state index contributed by atoms with van der Waals surface area (Å²) in [4.78, 5) is 24.2. The Bertz CT molecular complexity index is 608. The number of halogens is 2. The molecule has 0 saturated carbocycles. The summed E-state index contributed by atoms with van der Waals surface area (Å²) < 4.78 is 1.76. The Balaban J connectivity index is 2.23. The van der Waals surface area contributed by atoms with Crippen LogP contribution in [0.4, 0.5) is 0 Å². The van der Waals surface area contributed by atoms with Crippen LogP contribution in [0.5, 0.6) is 0 Å². The Morgan fingerprint density at radius 1 is 0.947 bits per heavy atom. The van der Waals surface area contributed by atoms with Crippen LogP contribution in [0.3, 0.4) is 0 Å². The lowest BCUT2D eigenvalue weighted by atomic mass is 9.99. The summed E-state index contributed by atoms with van der Waals surface area (Å²) in [6, 6.07) is 6.78. The lowest BCUT2D eigenvalue weighted by Crippen LogP contribution is -2.16. The van der Waals surface area contributed by atoms with Gasteiger partial charge in [-0.2, -0.15) is 0 Å². The van der Waals surface area contributed by atoms with E-state index >= 15 is 0 Å². The SMILES string of the molecule is O=C(C(=O)c1ccc(Br)cc1)C1=CC=C(Br)C=CC1. The molecule has 0 aromatic heterocycles. The van der Waals surface area contributed by atoms with Crippen molar-refractivity contribution in [1.82, 2.24) is 0 Å². The molecule has 1 aromatic rings. The van der Waals surface area contributed by atoms with E-state index < -0.39 is 11.6 Å². The normalized spacial score (nSPS) is 14.4. The quantitative estimate of drug-likeness (QED) is 0.575. The predicted molar refractivity (Wildman–Crippen MR) is 82.3 cm³/mol. The highest BCUT2D eigenvalue weighted by atomic mass is 79.9. The van der Waals surface area contributed by atoms with Gasteiger partial charge in [-0.3, -0.25) is 9.59 Å². The van der Waals surface area contributed by atoms with Crippen molar-refractivity contribution in [3.05, 3.63) is 68.7 Å². The smallest absolute Gasteiger partial charge is 0.233 e. The predicted octanol–water partition coefficient (Wildman–Crippen LogP) is 4.37. The van der Waals surface area contributed by atoms with Gasteiger partial charge in [-0.25, -0.2) is 0 Å². The monoisotopic (exact) mass is 380 g/mol. The average Bonchev–Trinajstić information content (AvgIpc) is 2.63. The number of ketones is 2. The molecule has 0 N–H and O–H groups in total. The Morgan fingerprint density at radius 3 is 2.32 bits per heavy atom. The highest BCUT2D eigenvalue weighted by molar-refractivity contribution is 9.12. The molecule has 0 unspecified atom stereocenters. The molecule has 0 bridgehead atoms. The van der Waals surface area contributed by atoms with Gasteiger partial charge in [0.2, 0.25) is 11.6 Å². The van der Waals surface area contributed by atoms with E-state index in [1.807, 2.05) is 12.2 Å². The fourth-order valence-electron chi connectivity index (χ4n) is 1.65. The third-order valence-corrected chi connectivity index (χ3v) is 3.72. The van der Waals surface area contributed by atoms with Gasteiger partial charge in [-0.1, -0.05) is 50.1 Å². The van der Waals surface area contributed by atoms with Crippen LogP contribution < -0.4 is 0 Å². The van der Waals surface area contributed by atoms with Gasteiger partial charge in [0.15, 0.2) is 0 Å². The minimum absolute atomic E-state index is 0.408. The van der Waals surface area contributed by atoms with E-state index in [-0.39, 0.29) is 0 Å². The fraction of sp³-hybridized carbons (Fsp3) is 0.0667. The van der Waals surface area contributed by atoms with Gasteiger partial charge in [0.25, 0.3) is 0 Å². The maximum Gasteiger partial charge on any atom is 0.233 e. The standard InChI is InChI=1S/C15H10Br2O2/c16-12-3-1-2-10(4-7-12)14(18)15(19)11-5-8-13(17)9-6-11/h1,3-9H,2H2. The summed E-state index contributed by atoms with van der Waals surface area (Å²) >= 11 is 6.63. The fourth-order valence-corrected chi connectivity index (χ4v) is 2.23. The second-order valence-electron chi connectivity index (χ2n) is 4.02. The summed E-state index contributed by atoms with van der Waals surface area (Å²) in [5.74, 6) is -0.927. The maximum absolute atomic E-state index is 12.1. The van der Waals surface area contributed by atoms with E-state index in [9.17, 15) is 9.59 Å². The minimum atomic E-state index is -0.474. The lowest BCUT2D eigenvalue weighted by molar-refractivity contribution is -0.111. The number of carbonyl (C=O) groups is 2. The number of carbonyl (C=O) groups excluding carboxylic acids is 2. The molecule has 0 aliphatic heterocycles.